The van der Waals surface area contributed by atoms with Crippen molar-refractivity contribution in [1.29, 1.82) is 0 Å². The van der Waals surface area contributed by atoms with Gasteiger partial charge >= 0.3 is 5.97 Å². The molecule has 0 radical (unpaired) electrons. The minimum absolute atomic E-state index is 0.0419. The van der Waals surface area contributed by atoms with E-state index in [0.717, 1.165) is 32.1 Å². The predicted octanol–water partition coefficient (Wildman–Crippen LogP) is 2.29. The van der Waals surface area contributed by atoms with Gasteiger partial charge in [-0.05, 0) is 26.2 Å². The van der Waals surface area contributed by atoms with E-state index in [-0.39, 0.29) is 12.0 Å². The SMILES string of the molecule is CCCC(O)(C(=O)OCC)C1CCCCC1OC. The zero-order chi connectivity index (χ0) is 13.6. The summed E-state index contributed by atoms with van der Waals surface area (Å²) in [6.45, 7) is 4.03. The van der Waals surface area contributed by atoms with Crippen LogP contribution in [0.1, 0.15) is 52.4 Å². The molecule has 0 amide bonds. The van der Waals surface area contributed by atoms with Crippen molar-refractivity contribution in [3.05, 3.63) is 0 Å². The van der Waals surface area contributed by atoms with Crippen molar-refractivity contribution in [2.45, 2.75) is 64.1 Å². The van der Waals surface area contributed by atoms with Crippen LogP contribution in [0.2, 0.25) is 0 Å². The first-order valence-electron chi connectivity index (χ1n) is 7.02. The molecule has 3 unspecified atom stereocenters. The summed E-state index contributed by atoms with van der Waals surface area (Å²) in [5.74, 6) is -0.629. The molecule has 0 aromatic rings. The first kappa shape index (κ1) is 15.4. The quantitative estimate of drug-likeness (QED) is 0.743. The first-order chi connectivity index (χ1) is 8.60. The number of hydrogen-bond donors (Lipinski definition) is 1. The van der Waals surface area contributed by atoms with Crippen LogP contribution in [0.3, 0.4) is 0 Å². The molecule has 1 N–H and O–H groups in total. The smallest absolute Gasteiger partial charge is 0.338 e. The van der Waals surface area contributed by atoms with E-state index in [4.69, 9.17) is 9.47 Å². The second-order valence-corrected chi connectivity index (χ2v) is 5.06. The maximum atomic E-state index is 12.1. The molecular weight excluding hydrogens is 232 g/mol. The number of rotatable bonds is 6. The fourth-order valence-corrected chi connectivity index (χ4v) is 3.00. The minimum atomic E-state index is -1.38. The molecule has 0 aromatic heterocycles. The van der Waals surface area contributed by atoms with Gasteiger partial charge in [-0.15, -0.1) is 0 Å². The Bertz CT molecular complexity index is 267. The van der Waals surface area contributed by atoms with E-state index in [1.165, 1.54) is 0 Å². The number of carbonyl (C=O) groups excluding carboxylic acids is 1. The fraction of sp³-hybridized carbons (Fsp3) is 0.929. The molecular formula is C14H26O4. The summed E-state index contributed by atoms with van der Waals surface area (Å²) in [7, 11) is 1.65. The van der Waals surface area contributed by atoms with E-state index in [1.54, 1.807) is 14.0 Å². The second-order valence-electron chi connectivity index (χ2n) is 5.06. The molecule has 0 saturated heterocycles. The van der Waals surface area contributed by atoms with Crippen molar-refractivity contribution < 1.29 is 19.4 Å². The molecule has 4 nitrogen and oxygen atoms in total. The molecule has 106 valence electrons. The van der Waals surface area contributed by atoms with E-state index >= 15 is 0 Å². The van der Waals surface area contributed by atoms with Crippen LogP contribution in [0.25, 0.3) is 0 Å². The van der Waals surface area contributed by atoms with Crippen LogP contribution in [-0.4, -0.2) is 36.5 Å². The zero-order valence-electron chi connectivity index (χ0n) is 11.8. The first-order valence-corrected chi connectivity index (χ1v) is 7.02. The normalized spacial score (nSPS) is 27.6. The number of carbonyl (C=O) groups is 1. The van der Waals surface area contributed by atoms with E-state index in [0.29, 0.717) is 13.0 Å². The molecule has 0 aliphatic heterocycles. The van der Waals surface area contributed by atoms with Gasteiger partial charge in [0.25, 0.3) is 0 Å². The number of ether oxygens (including phenoxy) is 2. The summed E-state index contributed by atoms with van der Waals surface area (Å²) in [6, 6.07) is 0. The number of aliphatic hydroxyl groups is 1. The van der Waals surface area contributed by atoms with Gasteiger partial charge < -0.3 is 14.6 Å². The van der Waals surface area contributed by atoms with Gasteiger partial charge in [-0.2, -0.15) is 0 Å². The Balaban J connectivity index is 2.89. The average Bonchev–Trinajstić information content (AvgIpc) is 2.39. The molecule has 1 aliphatic rings. The number of methoxy groups -OCH3 is 1. The summed E-state index contributed by atoms with van der Waals surface area (Å²) in [4.78, 5) is 12.1. The third-order valence-electron chi connectivity index (χ3n) is 3.88. The van der Waals surface area contributed by atoms with Crippen molar-refractivity contribution in [1.82, 2.24) is 0 Å². The summed E-state index contributed by atoms with van der Waals surface area (Å²) in [5.41, 5.74) is -1.38. The summed E-state index contributed by atoms with van der Waals surface area (Å²) in [5, 5.41) is 10.8. The van der Waals surface area contributed by atoms with E-state index in [2.05, 4.69) is 0 Å². The Kier molecular flexibility index (Phi) is 6.09. The molecule has 18 heavy (non-hydrogen) atoms. The van der Waals surface area contributed by atoms with Gasteiger partial charge in [-0.3, -0.25) is 0 Å². The lowest BCUT2D eigenvalue weighted by molar-refractivity contribution is -0.182. The second kappa shape index (κ2) is 7.10. The summed E-state index contributed by atoms with van der Waals surface area (Å²) in [6.07, 6.45) is 5.02. The largest absolute Gasteiger partial charge is 0.464 e. The average molecular weight is 258 g/mol. The molecule has 0 bridgehead atoms. The van der Waals surface area contributed by atoms with Crippen LogP contribution < -0.4 is 0 Å². The monoisotopic (exact) mass is 258 g/mol. The van der Waals surface area contributed by atoms with Crippen LogP contribution in [0.15, 0.2) is 0 Å². The number of hydrogen-bond acceptors (Lipinski definition) is 4. The van der Waals surface area contributed by atoms with Crippen LogP contribution in [0, 0.1) is 5.92 Å². The van der Waals surface area contributed by atoms with Crippen molar-refractivity contribution in [2.24, 2.45) is 5.92 Å². The van der Waals surface area contributed by atoms with Crippen LogP contribution >= 0.6 is 0 Å². The molecule has 1 aliphatic carbocycles. The van der Waals surface area contributed by atoms with Crippen LogP contribution in [0.4, 0.5) is 0 Å². The Morgan fingerprint density at radius 2 is 2.00 bits per heavy atom. The molecule has 1 rings (SSSR count). The minimum Gasteiger partial charge on any atom is -0.464 e. The van der Waals surface area contributed by atoms with Gasteiger partial charge in [0.2, 0.25) is 0 Å². The van der Waals surface area contributed by atoms with Crippen molar-refractivity contribution in [3.8, 4) is 0 Å². The van der Waals surface area contributed by atoms with Gasteiger partial charge in [0.05, 0.1) is 12.7 Å². The Morgan fingerprint density at radius 1 is 1.33 bits per heavy atom. The molecule has 0 heterocycles. The van der Waals surface area contributed by atoms with Crippen molar-refractivity contribution >= 4 is 5.97 Å². The Hall–Kier alpha value is -0.610. The highest BCUT2D eigenvalue weighted by Gasteiger charge is 2.48. The lowest BCUT2D eigenvalue weighted by Crippen LogP contribution is -2.52. The highest BCUT2D eigenvalue weighted by Crippen LogP contribution is 2.38. The van der Waals surface area contributed by atoms with E-state index < -0.39 is 11.6 Å². The third kappa shape index (κ3) is 3.23. The summed E-state index contributed by atoms with van der Waals surface area (Å²) < 4.78 is 10.5. The molecule has 1 saturated carbocycles. The maximum absolute atomic E-state index is 12.1. The van der Waals surface area contributed by atoms with E-state index in [1.807, 2.05) is 6.92 Å². The van der Waals surface area contributed by atoms with Gasteiger partial charge in [-0.1, -0.05) is 26.2 Å². The summed E-state index contributed by atoms with van der Waals surface area (Å²) >= 11 is 0. The highest BCUT2D eigenvalue weighted by molar-refractivity contribution is 5.79. The van der Waals surface area contributed by atoms with Crippen LogP contribution in [0.5, 0.6) is 0 Å². The van der Waals surface area contributed by atoms with Crippen LogP contribution in [-0.2, 0) is 14.3 Å². The standard InChI is InChI=1S/C14H26O4/c1-4-10-14(16,13(15)18-5-2)11-8-6-7-9-12(11)17-3/h11-12,16H,4-10H2,1-3H3. The van der Waals surface area contributed by atoms with Crippen molar-refractivity contribution in [2.75, 3.05) is 13.7 Å². The zero-order valence-corrected chi connectivity index (χ0v) is 11.8. The van der Waals surface area contributed by atoms with Gasteiger partial charge in [-0.25, -0.2) is 4.79 Å². The molecule has 3 atom stereocenters. The van der Waals surface area contributed by atoms with Gasteiger partial charge in [0.15, 0.2) is 5.60 Å². The fourth-order valence-electron chi connectivity index (χ4n) is 3.00. The predicted molar refractivity (Wildman–Crippen MR) is 69.2 cm³/mol. The molecule has 0 aromatic carbocycles. The number of esters is 1. The third-order valence-corrected chi connectivity index (χ3v) is 3.88. The van der Waals surface area contributed by atoms with E-state index in [9.17, 15) is 9.90 Å². The Morgan fingerprint density at radius 3 is 2.56 bits per heavy atom. The highest BCUT2D eigenvalue weighted by atomic mass is 16.5. The van der Waals surface area contributed by atoms with Gasteiger partial charge in [0, 0.05) is 13.0 Å². The lowest BCUT2D eigenvalue weighted by Gasteiger charge is -2.40. The Labute approximate surface area is 110 Å². The molecule has 1 fully saturated rings. The molecule has 0 spiro atoms. The maximum Gasteiger partial charge on any atom is 0.338 e. The molecule has 4 heteroatoms. The van der Waals surface area contributed by atoms with Gasteiger partial charge in [0.1, 0.15) is 0 Å². The lowest BCUT2D eigenvalue weighted by atomic mass is 9.73. The topological polar surface area (TPSA) is 55.8 Å². The van der Waals surface area contributed by atoms with Crippen molar-refractivity contribution in [3.63, 3.8) is 0 Å².